The number of carbonyl (C=O) groups excluding carboxylic acids is 1. The molecule has 1 N–H and O–H groups in total. The summed E-state index contributed by atoms with van der Waals surface area (Å²) < 4.78 is 44.4. The first-order valence-corrected chi connectivity index (χ1v) is 10.4. The number of nitrogens with zero attached hydrogens (tertiary/aromatic N) is 1. The Labute approximate surface area is 170 Å². The maximum Gasteiger partial charge on any atom is 0.265 e. The lowest BCUT2D eigenvalue weighted by Crippen LogP contribution is -2.39. The standard InChI is InChI=1S/C20H24N2O6S/c1-20(2)12-28-16-8-6-13(10-15(16)22(3)19(20)23)21-29(24,25)18-9-7-14(26-4)11-17(18)27-5/h6-11,21H,12H2,1-5H3. The van der Waals surface area contributed by atoms with Crippen LogP contribution in [-0.4, -0.2) is 42.2 Å². The minimum Gasteiger partial charge on any atom is -0.497 e. The van der Waals surface area contributed by atoms with Gasteiger partial charge >= 0.3 is 0 Å². The number of amides is 1. The molecule has 1 aliphatic heterocycles. The summed E-state index contributed by atoms with van der Waals surface area (Å²) in [5.41, 5.74) is 0.0937. The maximum atomic E-state index is 12.9. The van der Waals surface area contributed by atoms with Crippen molar-refractivity contribution in [1.29, 1.82) is 0 Å². The Morgan fingerprint density at radius 3 is 2.48 bits per heavy atom. The molecule has 3 rings (SSSR count). The number of anilines is 2. The van der Waals surface area contributed by atoms with E-state index in [9.17, 15) is 13.2 Å². The third-order valence-corrected chi connectivity index (χ3v) is 6.13. The molecular weight excluding hydrogens is 396 g/mol. The Bertz CT molecular complexity index is 1050. The molecule has 0 aliphatic carbocycles. The molecule has 2 aromatic rings. The maximum absolute atomic E-state index is 12.9. The average molecular weight is 420 g/mol. The van der Waals surface area contributed by atoms with Crippen molar-refractivity contribution in [2.24, 2.45) is 5.41 Å². The van der Waals surface area contributed by atoms with E-state index in [1.807, 2.05) is 0 Å². The lowest BCUT2D eigenvalue weighted by Gasteiger charge is -2.24. The molecule has 9 heteroatoms. The highest BCUT2D eigenvalue weighted by atomic mass is 32.2. The van der Waals surface area contributed by atoms with E-state index in [2.05, 4.69) is 4.72 Å². The van der Waals surface area contributed by atoms with Gasteiger partial charge in [-0.1, -0.05) is 0 Å². The number of benzene rings is 2. The van der Waals surface area contributed by atoms with Gasteiger partial charge < -0.3 is 19.1 Å². The highest BCUT2D eigenvalue weighted by molar-refractivity contribution is 7.92. The predicted molar refractivity (Wildman–Crippen MR) is 109 cm³/mol. The third kappa shape index (κ3) is 3.95. The Morgan fingerprint density at radius 2 is 1.83 bits per heavy atom. The summed E-state index contributed by atoms with van der Waals surface area (Å²) >= 11 is 0. The van der Waals surface area contributed by atoms with Crippen molar-refractivity contribution in [3.05, 3.63) is 36.4 Å². The lowest BCUT2D eigenvalue weighted by molar-refractivity contribution is -0.127. The van der Waals surface area contributed by atoms with E-state index in [1.54, 1.807) is 39.1 Å². The van der Waals surface area contributed by atoms with Crippen LogP contribution >= 0.6 is 0 Å². The van der Waals surface area contributed by atoms with Gasteiger partial charge in [0.05, 0.1) is 31.0 Å². The molecule has 0 atom stereocenters. The first-order chi connectivity index (χ1) is 13.6. The third-order valence-electron chi connectivity index (χ3n) is 4.70. The average Bonchev–Trinajstić information content (AvgIpc) is 2.77. The van der Waals surface area contributed by atoms with Gasteiger partial charge in [-0.15, -0.1) is 0 Å². The second kappa shape index (κ2) is 7.47. The van der Waals surface area contributed by atoms with E-state index in [0.717, 1.165) is 0 Å². The molecular formula is C20H24N2O6S. The molecule has 1 amide bonds. The largest absolute Gasteiger partial charge is 0.497 e. The monoisotopic (exact) mass is 420 g/mol. The second-order valence-electron chi connectivity index (χ2n) is 7.34. The number of carbonyl (C=O) groups is 1. The van der Waals surface area contributed by atoms with Crippen LogP contribution in [0.1, 0.15) is 13.8 Å². The molecule has 8 nitrogen and oxygen atoms in total. The second-order valence-corrected chi connectivity index (χ2v) is 8.99. The topological polar surface area (TPSA) is 94.2 Å². The van der Waals surface area contributed by atoms with Crippen LogP contribution in [0.15, 0.2) is 41.3 Å². The number of sulfonamides is 1. The molecule has 0 radical (unpaired) electrons. The highest BCUT2D eigenvalue weighted by Crippen LogP contribution is 2.38. The molecule has 0 saturated carbocycles. The Morgan fingerprint density at radius 1 is 1.10 bits per heavy atom. The Balaban J connectivity index is 1.96. The highest BCUT2D eigenvalue weighted by Gasteiger charge is 2.36. The van der Waals surface area contributed by atoms with E-state index in [4.69, 9.17) is 14.2 Å². The summed E-state index contributed by atoms with van der Waals surface area (Å²) in [5.74, 6) is 1.03. The van der Waals surface area contributed by atoms with Crippen LogP contribution in [0.5, 0.6) is 17.2 Å². The molecule has 2 aromatic carbocycles. The summed E-state index contributed by atoms with van der Waals surface area (Å²) in [5, 5.41) is 0. The van der Waals surface area contributed by atoms with Gasteiger partial charge in [-0.05, 0) is 44.2 Å². The van der Waals surface area contributed by atoms with Gasteiger partial charge in [0.1, 0.15) is 28.8 Å². The van der Waals surface area contributed by atoms with E-state index < -0.39 is 15.4 Å². The summed E-state index contributed by atoms with van der Waals surface area (Å²) in [6.07, 6.45) is 0. The van der Waals surface area contributed by atoms with Gasteiger partial charge in [0, 0.05) is 13.1 Å². The molecule has 29 heavy (non-hydrogen) atoms. The number of hydrogen-bond donors (Lipinski definition) is 1. The Kier molecular flexibility index (Phi) is 5.36. The number of rotatable bonds is 5. The van der Waals surface area contributed by atoms with E-state index >= 15 is 0 Å². The molecule has 1 heterocycles. The van der Waals surface area contributed by atoms with Crippen LogP contribution in [0.4, 0.5) is 11.4 Å². The van der Waals surface area contributed by atoms with Gasteiger partial charge in [-0.2, -0.15) is 0 Å². The van der Waals surface area contributed by atoms with Crippen molar-refractivity contribution in [1.82, 2.24) is 0 Å². The van der Waals surface area contributed by atoms with Crippen LogP contribution in [0.2, 0.25) is 0 Å². The van der Waals surface area contributed by atoms with Gasteiger partial charge in [0.25, 0.3) is 10.0 Å². The van der Waals surface area contributed by atoms with Crippen molar-refractivity contribution in [3.8, 4) is 17.2 Å². The zero-order chi connectivity index (χ0) is 21.4. The smallest absolute Gasteiger partial charge is 0.265 e. The molecule has 0 fully saturated rings. The summed E-state index contributed by atoms with van der Waals surface area (Å²) in [7, 11) is 0.565. The van der Waals surface area contributed by atoms with Crippen LogP contribution in [-0.2, 0) is 14.8 Å². The molecule has 1 aliphatic rings. The van der Waals surface area contributed by atoms with E-state index in [1.165, 1.54) is 37.3 Å². The molecule has 0 unspecified atom stereocenters. The van der Waals surface area contributed by atoms with Crippen molar-refractivity contribution < 1.29 is 27.4 Å². The minimum absolute atomic E-state index is 0.0300. The van der Waals surface area contributed by atoms with Crippen LogP contribution in [0.3, 0.4) is 0 Å². The number of methoxy groups -OCH3 is 2. The van der Waals surface area contributed by atoms with Gasteiger partial charge in [0.2, 0.25) is 5.91 Å². The van der Waals surface area contributed by atoms with Crippen LogP contribution in [0, 0.1) is 5.41 Å². The van der Waals surface area contributed by atoms with Gasteiger partial charge in [0.15, 0.2) is 0 Å². The number of fused-ring (bicyclic) bond motifs is 1. The van der Waals surface area contributed by atoms with Crippen LogP contribution < -0.4 is 23.8 Å². The Hall–Kier alpha value is -2.94. The molecule has 0 aromatic heterocycles. The molecule has 0 spiro atoms. The van der Waals surface area contributed by atoms with E-state index in [-0.39, 0.29) is 23.2 Å². The molecule has 156 valence electrons. The van der Waals surface area contributed by atoms with E-state index in [0.29, 0.717) is 22.9 Å². The first-order valence-electron chi connectivity index (χ1n) is 8.89. The minimum atomic E-state index is -3.95. The number of hydrogen-bond acceptors (Lipinski definition) is 6. The van der Waals surface area contributed by atoms with Crippen molar-refractivity contribution in [2.75, 3.05) is 37.5 Å². The zero-order valence-electron chi connectivity index (χ0n) is 17.0. The fraction of sp³-hybridized carbons (Fsp3) is 0.350. The van der Waals surface area contributed by atoms with Gasteiger partial charge in [-0.25, -0.2) is 8.42 Å². The van der Waals surface area contributed by atoms with Crippen molar-refractivity contribution >= 4 is 27.3 Å². The summed E-state index contributed by atoms with van der Waals surface area (Å²) in [4.78, 5) is 14.1. The predicted octanol–water partition coefficient (Wildman–Crippen LogP) is 2.89. The zero-order valence-corrected chi connectivity index (χ0v) is 17.8. The summed E-state index contributed by atoms with van der Waals surface area (Å²) in [6.45, 7) is 3.84. The van der Waals surface area contributed by atoms with Crippen LogP contribution in [0.25, 0.3) is 0 Å². The normalized spacial score (nSPS) is 15.8. The first kappa shape index (κ1) is 20.8. The number of nitrogens with one attached hydrogen (secondary N) is 1. The van der Waals surface area contributed by atoms with Crippen molar-refractivity contribution in [3.63, 3.8) is 0 Å². The SMILES string of the molecule is COc1ccc(S(=O)(=O)Nc2ccc3c(c2)N(C)C(=O)C(C)(C)CO3)c(OC)c1. The fourth-order valence-electron chi connectivity index (χ4n) is 3.06. The molecule has 0 bridgehead atoms. The lowest BCUT2D eigenvalue weighted by atomic mass is 9.93. The fourth-order valence-corrected chi connectivity index (χ4v) is 4.26. The van der Waals surface area contributed by atoms with Crippen molar-refractivity contribution in [2.45, 2.75) is 18.7 Å². The summed E-state index contributed by atoms with van der Waals surface area (Å²) in [6, 6.07) is 9.24. The molecule has 0 saturated heterocycles. The van der Waals surface area contributed by atoms with Gasteiger partial charge in [-0.3, -0.25) is 9.52 Å². The number of ether oxygens (including phenoxy) is 3. The quantitative estimate of drug-likeness (QED) is 0.799.